The molecule has 0 saturated carbocycles. The first-order valence-electron chi connectivity index (χ1n) is 4.51. The predicted molar refractivity (Wildman–Crippen MR) is 55.7 cm³/mol. The van der Waals surface area contributed by atoms with Gasteiger partial charge in [-0.2, -0.15) is 35.9 Å². The minimum absolute atomic E-state index is 0. The van der Waals surface area contributed by atoms with Crippen LogP contribution in [0.1, 0.15) is 17.0 Å². The van der Waals surface area contributed by atoms with Gasteiger partial charge in [0.25, 0.3) is 0 Å². The molecule has 1 nitrogen and oxygen atoms in total. The van der Waals surface area contributed by atoms with Gasteiger partial charge in [0.2, 0.25) is 0 Å². The minimum Gasteiger partial charge on any atom is -0.257 e. The fourth-order valence-corrected chi connectivity index (χ4v) is 1.33. The van der Waals surface area contributed by atoms with Gasteiger partial charge in [0, 0.05) is 39.4 Å². The van der Waals surface area contributed by atoms with Crippen molar-refractivity contribution in [2.45, 2.75) is 6.42 Å². The fourth-order valence-electron chi connectivity index (χ4n) is 1.33. The van der Waals surface area contributed by atoms with E-state index in [-0.39, 0.29) is 21.1 Å². The van der Waals surface area contributed by atoms with Crippen molar-refractivity contribution >= 4 is 0 Å². The molecule has 1 aromatic heterocycles. The van der Waals surface area contributed by atoms with Crippen LogP contribution in [0.4, 0.5) is 0 Å². The van der Waals surface area contributed by atoms with Crippen LogP contribution in [-0.2, 0) is 27.5 Å². The summed E-state index contributed by atoms with van der Waals surface area (Å²) in [5.41, 5.74) is 2.68. The molecule has 0 spiro atoms. The summed E-state index contributed by atoms with van der Waals surface area (Å²) in [6, 6.07) is 16.7. The second-order valence-electron chi connectivity index (χ2n) is 3.12. The molecule has 2 radical (unpaired) electrons. The standard InChI is InChI=1S/C13H10N.W/c1-11-6-5-9-13(14-11)10-12-7-3-2-4-8-12;/h1-7,9H,10H2;/q-1;. The Bertz CT molecular complexity index is 412. The summed E-state index contributed by atoms with van der Waals surface area (Å²) >= 11 is 0. The Labute approximate surface area is 105 Å². The van der Waals surface area contributed by atoms with E-state index in [0.29, 0.717) is 5.69 Å². The van der Waals surface area contributed by atoms with Crippen LogP contribution >= 0.6 is 0 Å². The minimum atomic E-state index is 0. The molecule has 0 bridgehead atoms. The second kappa shape index (κ2) is 5.82. The van der Waals surface area contributed by atoms with Crippen LogP contribution in [0.15, 0.2) is 42.5 Å². The third kappa shape index (κ3) is 3.60. The Kier molecular flexibility index (Phi) is 4.71. The van der Waals surface area contributed by atoms with Gasteiger partial charge in [-0.05, 0) is 18.6 Å². The first kappa shape index (κ1) is 12.1. The van der Waals surface area contributed by atoms with Crippen LogP contribution < -0.4 is 0 Å². The van der Waals surface area contributed by atoms with Crippen LogP contribution in [0.3, 0.4) is 0 Å². The van der Waals surface area contributed by atoms with Gasteiger partial charge >= 0.3 is 0 Å². The normalized spacial score (nSPS) is 9.40. The molecule has 1 heterocycles. The van der Waals surface area contributed by atoms with Gasteiger partial charge in [-0.3, -0.25) is 4.98 Å². The zero-order valence-corrected chi connectivity index (χ0v) is 11.1. The van der Waals surface area contributed by atoms with Crippen LogP contribution in [-0.4, -0.2) is 4.98 Å². The van der Waals surface area contributed by atoms with Crippen LogP contribution in [0.2, 0.25) is 0 Å². The summed E-state index contributed by atoms with van der Waals surface area (Å²) < 4.78 is 0. The molecule has 0 unspecified atom stereocenters. The quantitative estimate of drug-likeness (QED) is 0.747. The first-order valence-corrected chi connectivity index (χ1v) is 4.51. The number of pyridine rings is 1. The number of rotatable bonds is 2. The molecule has 0 aliphatic carbocycles. The third-order valence-corrected chi connectivity index (χ3v) is 1.97. The van der Waals surface area contributed by atoms with Crippen molar-refractivity contribution in [2.75, 3.05) is 0 Å². The summed E-state index contributed by atoms with van der Waals surface area (Å²) in [7, 11) is 0. The molecule has 2 rings (SSSR count). The number of hydrogen-bond donors (Lipinski definition) is 0. The largest absolute Gasteiger partial charge is 0.257 e. The monoisotopic (exact) mass is 364 g/mol. The maximum absolute atomic E-state index is 5.59. The van der Waals surface area contributed by atoms with Gasteiger partial charge < -0.3 is 0 Å². The molecule has 0 aliphatic rings. The SMILES string of the molecule is [CH]c1cccc(Cc2[c-]cccc2)n1.[W]. The topological polar surface area (TPSA) is 12.9 Å². The summed E-state index contributed by atoms with van der Waals surface area (Å²) in [5, 5.41) is 0. The van der Waals surface area contributed by atoms with E-state index in [9.17, 15) is 0 Å². The van der Waals surface area contributed by atoms with Crippen molar-refractivity contribution in [3.8, 4) is 0 Å². The fraction of sp³-hybridized carbons (Fsp3) is 0.0769. The van der Waals surface area contributed by atoms with E-state index in [4.69, 9.17) is 6.92 Å². The molecule has 74 valence electrons. The number of nitrogens with zero attached hydrogens (tertiary/aromatic N) is 1. The van der Waals surface area contributed by atoms with Gasteiger partial charge in [0.05, 0.1) is 0 Å². The number of hydrogen-bond acceptors (Lipinski definition) is 1. The molecular formula is C13H10NW-. The van der Waals surface area contributed by atoms with Crippen LogP contribution in [0.25, 0.3) is 0 Å². The van der Waals surface area contributed by atoms with E-state index in [1.54, 1.807) is 6.07 Å². The van der Waals surface area contributed by atoms with E-state index >= 15 is 0 Å². The zero-order chi connectivity index (χ0) is 9.80. The third-order valence-electron chi connectivity index (χ3n) is 1.97. The molecule has 0 fully saturated rings. The van der Waals surface area contributed by atoms with E-state index in [2.05, 4.69) is 11.1 Å². The summed E-state index contributed by atoms with van der Waals surface area (Å²) in [4.78, 5) is 4.23. The predicted octanol–water partition coefficient (Wildman–Crippen LogP) is 2.53. The van der Waals surface area contributed by atoms with Crippen LogP contribution in [0, 0.1) is 13.0 Å². The molecule has 2 aromatic rings. The molecule has 2 heteroatoms. The van der Waals surface area contributed by atoms with Crippen molar-refractivity contribution in [3.05, 3.63) is 72.4 Å². The molecule has 15 heavy (non-hydrogen) atoms. The summed E-state index contributed by atoms with van der Waals surface area (Å²) in [5.74, 6) is 0. The zero-order valence-electron chi connectivity index (χ0n) is 8.18. The van der Waals surface area contributed by atoms with E-state index in [1.165, 1.54) is 0 Å². The molecule has 0 saturated heterocycles. The first-order chi connectivity index (χ1) is 6.84. The summed E-state index contributed by atoms with van der Waals surface area (Å²) in [6.07, 6.45) is 0.784. The van der Waals surface area contributed by atoms with Crippen LogP contribution in [0.5, 0.6) is 0 Å². The molecular weight excluding hydrogens is 354 g/mol. The van der Waals surface area contributed by atoms with E-state index in [1.807, 2.05) is 36.4 Å². The van der Waals surface area contributed by atoms with E-state index in [0.717, 1.165) is 17.7 Å². The average molecular weight is 364 g/mol. The number of aromatic nitrogens is 1. The Balaban J connectivity index is 0.00000112. The van der Waals surface area contributed by atoms with Gasteiger partial charge in [0.15, 0.2) is 0 Å². The van der Waals surface area contributed by atoms with Gasteiger partial charge in [-0.15, -0.1) is 0 Å². The average Bonchev–Trinajstić information content (AvgIpc) is 2.19. The Morgan fingerprint density at radius 1 is 1.13 bits per heavy atom. The van der Waals surface area contributed by atoms with Gasteiger partial charge in [-0.25, -0.2) is 0 Å². The Morgan fingerprint density at radius 3 is 2.67 bits per heavy atom. The molecule has 0 atom stereocenters. The van der Waals surface area contributed by atoms with Crippen molar-refractivity contribution in [2.24, 2.45) is 0 Å². The van der Waals surface area contributed by atoms with Crippen molar-refractivity contribution in [1.82, 2.24) is 4.98 Å². The van der Waals surface area contributed by atoms with Crippen molar-refractivity contribution < 1.29 is 21.1 Å². The Morgan fingerprint density at radius 2 is 2.00 bits per heavy atom. The molecule has 0 amide bonds. The van der Waals surface area contributed by atoms with Gasteiger partial charge in [-0.1, -0.05) is 6.07 Å². The maximum atomic E-state index is 5.59. The summed E-state index contributed by atoms with van der Waals surface area (Å²) in [6.45, 7) is 5.59. The van der Waals surface area contributed by atoms with Crippen molar-refractivity contribution in [1.29, 1.82) is 0 Å². The second-order valence-corrected chi connectivity index (χ2v) is 3.12. The molecule has 0 N–H and O–H groups in total. The van der Waals surface area contributed by atoms with Crippen molar-refractivity contribution in [3.63, 3.8) is 0 Å². The Hall–Kier alpha value is -0.942. The number of benzene rings is 1. The maximum Gasteiger partial charge on any atom is 0.0451 e. The molecule has 1 aromatic carbocycles. The smallest absolute Gasteiger partial charge is 0.0451 e. The van der Waals surface area contributed by atoms with Gasteiger partial charge in [0.1, 0.15) is 0 Å². The molecule has 0 aliphatic heterocycles. The van der Waals surface area contributed by atoms with E-state index < -0.39 is 0 Å².